The zero-order valence-electron chi connectivity index (χ0n) is 13.3. The average Bonchev–Trinajstić information content (AvgIpc) is 2.56. The molecule has 0 radical (unpaired) electrons. The normalized spacial score (nSPS) is 16.9. The summed E-state index contributed by atoms with van der Waals surface area (Å²) in [5.74, 6) is -0.205. The molecule has 0 spiro atoms. The van der Waals surface area contributed by atoms with E-state index >= 15 is 0 Å². The molecule has 25 heavy (non-hydrogen) atoms. The maximum absolute atomic E-state index is 12.9. The average molecular weight is 437 g/mol. The minimum absolute atomic E-state index is 0.205. The maximum atomic E-state index is 12.9. The molecule has 1 aliphatic heterocycles. The smallest absolute Gasteiger partial charge is 0.255 e. The van der Waals surface area contributed by atoms with Crippen molar-refractivity contribution in [2.75, 3.05) is 5.32 Å². The fourth-order valence-electron chi connectivity index (χ4n) is 2.67. The third-order valence-corrected chi connectivity index (χ3v) is 5.03. The monoisotopic (exact) mass is 435 g/mol. The lowest BCUT2D eigenvalue weighted by atomic mass is 9.95. The van der Waals surface area contributed by atoms with Crippen molar-refractivity contribution in [2.24, 2.45) is 0 Å². The second-order valence-corrected chi connectivity index (χ2v) is 7.25. The molecule has 0 aromatic heterocycles. The van der Waals surface area contributed by atoms with E-state index in [1.54, 1.807) is 24.3 Å². The number of amides is 1. The van der Waals surface area contributed by atoms with Crippen LogP contribution in [-0.4, -0.2) is 11.0 Å². The first-order valence-corrected chi connectivity index (χ1v) is 9.13. The molecule has 3 rings (SSSR count). The molecule has 0 fully saturated rings. The first-order valence-electron chi connectivity index (χ1n) is 7.55. The summed E-state index contributed by atoms with van der Waals surface area (Å²) < 4.78 is 0.904. The van der Waals surface area contributed by atoms with Gasteiger partial charge in [0.2, 0.25) is 0 Å². The number of carbonyl (C=O) groups excluding carboxylic acids is 1. The number of allylic oxidation sites excluding steroid dienone is 1. The first kappa shape index (κ1) is 17.9. The lowest BCUT2D eigenvalue weighted by molar-refractivity contribution is -0.113. The highest BCUT2D eigenvalue weighted by Gasteiger charge is 2.30. The summed E-state index contributed by atoms with van der Waals surface area (Å²) in [5.41, 5.74) is 2.91. The van der Waals surface area contributed by atoms with Crippen molar-refractivity contribution in [3.8, 4) is 0 Å². The van der Waals surface area contributed by atoms with Gasteiger partial charge in [0.1, 0.15) is 0 Å². The Kier molecular flexibility index (Phi) is 5.42. The highest BCUT2D eigenvalue weighted by Crippen LogP contribution is 2.32. The fraction of sp³-hybridized carbons (Fsp3) is 0.111. The van der Waals surface area contributed by atoms with Crippen molar-refractivity contribution >= 4 is 56.5 Å². The zero-order chi connectivity index (χ0) is 18.0. The molecule has 1 aliphatic rings. The molecule has 0 saturated carbocycles. The van der Waals surface area contributed by atoms with Crippen LogP contribution < -0.4 is 16.0 Å². The molecule has 0 unspecified atom stereocenters. The minimum Gasteiger partial charge on any atom is -0.351 e. The van der Waals surface area contributed by atoms with Gasteiger partial charge in [-0.15, -0.1) is 0 Å². The molecular weight excluding hydrogens is 422 g/mol. The van der Waals surface area contributed by atoms with E-state index in [0.717, 1.165) is 15.7 Å². The maximum Gasteiger partial charge on any atom is 0.255 e. The third kappa shape index (κ3) is 4.03. The Hall–Kier alpha value is -1.89. The van der Waals surface area contributed by atoms with E-state index in [-0.39, 0.29) is 11.9 Å². The number of hydrogen-bond donors (Lipinski definition) is 3. The molecule has 0 bridgehead atoms. The summed E-state index contributed by atoms with van der Waals surface area (Å²) in [5, 5.41) is 10.2. The summed E-state index contributed by atoms with van der Waals surface area (Å²) in [7, 11) is 0. The SMILES string of the molecule is CC1=C(C(=O)Nc2ccc(Cl)cc2)[C@H](c2ccccc2Br)NC(=S)N1. The van der Waals surface area contributed by atoms with Crippen LogP contribution in [0.25, 0.3) is 0 Å². The Morgan fingerprint density at radius 1 is 1.20 bits per heavy atom. The van der Waals surface area contributed by atoms with Gasteiger partial charge in [-0.05, 0) is 55.0 Å². The van der Waals surface area contributed by atoms with E-state index in [0.29, 0.717) is 21.4 Å². The highest BCUT2D eigenvalue weighted by molar-refractivity contribution is 9.10. The molecule has 4 nitrogen and oxygen atoms in total. The van der Waals surface area contributed by atoms with E-state index in [4.69, 9.17) is 23.8 Å². The quantitative estimate of drug-likeness (QED) is 0.619. The van der Waals surface area contributed by atoms with Crippen molar-refractivity contribution in [2.45, 2.75) is 13.0 Å². The van der Waals surface area contributed by atoms with E-state index in [2.05, 4.69) is 31.9 Å². The number of nitrogens with one attached hydrogen (secondary N) is 3. The molecule has 2 aromatic rings. The molecule has 1 heterocycles. The van der Waals surface area contributed by atoms with Crippen molar-refractivity contribution in [1.29, 1.82) is 0 Å². The lowest BCUT2D eigenvalue weighted by Crippen LogP contribution is -2.45. The van der Waals surface area contributed by atoms with Gasteiger partial charge in [0.25, 0.3) is 5.91 Å². The van der Waals surface area contributed by atoms with Crippen LogP contribution in [0.3, 0.4) is 0 Å². The van der Waals surface area contributed by atoms with Gasteiger partial charge in [-0.2, -0.15) is 0 Å². The van der Waals surface area contributed by atoms with Gasteiger partial charge in [-0.3, -0.25) is 4.79 Å². The van der Waals surface area contributed by atoms with Crippen molar-refractivity contribution in [3.63, 3.8) is 0 Å². The molecule has 1 atom stereocenters. The van der Waals surface area contributed by atoms with Gasteiger partial charge in [0, 0.05) is 20.9 Å². The number of anilines is 1. The Morgan fingerprint density at radius 3 is 2.56 bits per heavy atom. The van der Waals surface area contributed by atoms with Crippen LogP contribution in [0.1, 0.15) is 18.5 Å². The van der Waals surface area contributed by atoms with Crippen LogP contribution in [0.15, 0.2) is 64.3 Å². The zero-order valence-corrected chi connectivity index (χ0v) is 16.4. The van der Waals surface area contributed by atoms with E-state index in [1.807, 2.05) is 31.2 Å². The Balaban J connectivity index is 1.96. The van der Waals surface area contributed by atoms with Crippen LogP contribution in [0.2, 0.25) is 5.02 Å². The molecule has 3 N–H and O–H groups in total. The second-order valence-electron chi connectivity index (χ2n) is 5.55. The Bertz CT molecular complexity index is 867. The molecule has 7 heteroatoms. The van der Waals surface area contributed by atoms with Crippen LogP contribution >= 0.6 is 39.7 Å². The van der Waals surface area contributed by atoms with Gasteiger partial charge < -0.3 is 16.0 Å². The molecule has 0 saturated heterocycles. The number of rotatable bonds is 3. The van der Waals surface area contributed by atoms with Crippen molar-refractivity contribution < 1.29 is 4.79 Å². The van der Waals surface area contributed by atoms with Crippen LogP contribution in [0.5, 0.6) is 0 Å². The summed E-state index contributed by atoms with van der Waals surface area (Å²) in [4.78, 5) is 12.9. The molecule has 0 aliphatic carbocycles. The van der Waals surface area contributed by atoms with Gasteiger partial charge >= 0.3 is 0 Å². The van der Waals surface area contributed by atoms with Crippen LogP contribution in [-0.2, 0) is 4.79 Å². The fourth-order valence-corrected chi connectivity index (χ4v) is 3.58. The number of carbonyl (C=O) groups is 1. The third-order valence-electron chi connectivity index (χ3n) is 3.83. The lowest BCUT2D eigenvalue weighted by Gasteiger charge is -2.31. The van der Waals surface area contributed by atoms with Gasteiger partial charge in [0.15, 0.2) is 5.11 Å². The van der Waals surface area contributed by atoms with E-state index < -0.39 is 0 Å². The predicted molar refractivity (Wildman–Crippen MR) is 109 cm³/mol. The molecule has 128 valence electrons. The van der Waals surface area contributed by atoms with Gasteiger partial charge in [-0.25, -0.2) is 0 Å². The van der Waals surface area contributed by atoms with Gasteiger partial charge in [-0.1, -0.05) is 45.7 Å². The first-order chi connectivity index (χ1) is 12.0. The Morgan fingerprint density at radius 2 is 1.88 bits per heavy atom. The van der Waals surface area contributed by atoms with E-state index in [1.165, 1.54) is 0 Å². The summed E-state index contributed by atoms with van der Waals surface area (Å²) in [6, 6.07) is 14.4. The van der Waals surface area contributed by atoms with Crippen molar-refractivity contribution in [3.05, 3.63) is 74.9 Å². The molecular formula is C18H15BrClN3OS. The summed E-state index contributed by atoms with van der Waals surface area (Å²) >= 11 is 14.7. The standard InChI is InChI=1S/C18H15BrClN3OS/c1-10-15(17(24)22-12-8-6-11(20)7-9-12)16(23-18(25)21-10)13-4-2-3-5-14(13)19/h2-9,16H,1H3,(H,22,24)(H2,21,23,25)/t16-/m0/s1. The molecule has 1 amide bonds. The topological polar surface area (TPSA) is 53.2 Å². The Labute approximate surface area is 164 Å². The number of hydrogen-bond acceptors (Lipinski definition) is 2. The van der Waals surface area contributed by atoms with Crippen LogP contribution in [0.4, 0.5) is 5.69 Å². The van der Waals surface area contributed by atoms with Crippen molar-refractivity contribution in [1.82, 2.24) is 10.6 Å². The number of thiocarbonyl (C=S) groups is 1. The summed E-state index contributed by atoms with van der Waals surface area (Å²) in [6.07, 6.45) is 0. The molecule has 2 aromatic carbocycles. The predicted octanol–water partition coefficient (Wildman–Crippen LogP) is 4.53. The van der Waals surface area contributed by atoms with E-state index in [9.17, 15) is 4.79 Å². The number of benzene rings is 2. The minimum atomic E-state index is -0.350. The van der Waals surface area contributed by atoms with Crippen LogP contribution in [0, 0.1) is 0 Å². The largest absolute Gasteiger partial charge is 0.351 e. The number of halogens is 2. The van der Waals surface area contributed by atoms with Gasteiger partial charge in [0.05, 0.1) is 11.6 Å². The summed E-state index contributed by atoms with van der Waals surface area (Å²) in [6.45, 7) is 1.84. The second kappa shape index (κ2) is 7.56. The highest BCUT2D eigenvalue weighted by atomic mass is 79.9.